The fraction of sp³-hybridized carbons (Fsp3) is 0.500. The Morgan fingerprint density at radius 2 is 2.11 bits per heavy atom. The first-order valence-corrected chi connectivity index (χ1v) is 8.28. The number of nitrogens with zero attached hydrogens (tertiary/aromatic N) is 1. The summed E-state index contributed by atoms with van der Waals surface area (Å²) in [7, 11) is -3.44. The highest BCUT2D eigenvalue weighted by molar-refractivity contribution is 7.87. The van der Waals surface area contributed by atoms with Crippen molar-refractivity contribution >= 4 is 21.5 Å². The normalized spacial score (nSPS) is 11.4. The molecule has 0 aliphatic heterocycles. The van der Waals surface area contributed by atoms with Gasteiger partial charge in [-0.2, -0.15) is 17.4 Å². The second-order valence-corrected chi connectivity index (χ2v) is 6.38. The van der Waals surface area contributed by atoms with Crippen LogP contribution in [0.1, 0.15) is 24.3 Å². The average Bonchev–Trinajstić information content (AvgIpc) is 2.82. The maximum absolute atomic E-state index is 12.0. The van der Waals surface area contributed by atoms with Crippen LogP contribution in [0.5, 0.6) is 0 Å². The summed E-state index contributed by atoms with van der Waals surface area (Å²) in [5.41, 5.74) is 0.751. The lowest BCUT2D eigenvalue weighted by Crippen LogP contribution is -2.40. The molecule has 0 aliphatic carbocycles. The number of rotatable bonds is 6. The van der Waals surface area contributed by atoms with Crippen molar-refractivity contribution in [2.24, 2.45) is 0 Å². The van der Waals surface area contributed by atoms with Crippen molar-refractivity contribution in [1.29, 1.82) is 0 Å². The minimum Gasteiger partial charge on any atom is -0.384 e. The van der Waals surface area contributed by atoms with E-state index in [0.29, 0.717) is 13.1 Å². The van der Waals surface area contributed by atoms with Gasteiger partial charge in [-0.05, 0) is 11.4 Å². The summed E-state index contributed by atoms with van der Waals surface area (Å²) in [4.78, 5) is 0.844. The van der Waals surface area contributed by atoms with Crippen molar-refractivity contribution in [3.8, 4) is 11.8 Å². The molecule has 0 bridgehead atoms. The predicted molar refractivity (Wildman–Crippen MR) is 77.0 cm³/mol. The standard InChI is InChI=1S/C12H18N2O3S2/c1-3-14(4-2)19(16,17)13-10-12-11(6-5-8-15)7-9-18-12/h7,9,13,15H,3-4,8,10H2,1-2H3. The lowest BCUT2D eigenvalue weighted by molar-refractivity contribution is 0.350. The van der Waals surface area contributed by atoms with Crippen LogP contribution in [-0.2, 0) is 16.8 Å². The highest BCUT2D eigenvalue weighted by Gasteiger charge is 2.18. The van der Waals surface area contributed by atoms with E-state index in [1.165, 1.54) is 15.6 Å². The zero-order valence-corrected chi connectivity index (χ0v) is 12.6. The second kappa shape index (κ2) is 7.62. The van der Waals surface area contributed by atoms with Crippen molar-refractivity contribution in [3.63, 3.8) is 0 Å². The average molecular weight is 302 g/mol. The van der Waals surface area contributed by atoms with Crippen molar-refractivity contribution < 1.29 is 13.5 Å². The van der Waals surface area contributed by atoms with Crippen LogP contribution in [0.15, 0.2) is 11.4 Å². The van der Waals surface area contributed by atoms with E-state index in [1.54, 1.807) is 13.8 Å². The first kappa shape index (κ1) is 16.1. The Hall–Kier alpha value is -0.910. The largest absolute Gasteiger partial charge is 0.384 e. The third kappa shape index (κ3) is 4.60. The van der Waals surface area contributed by atoms with Gasteiger partial charge in [0.25, 0.3) is 10.2 Å². The van der Waals surface area contributed by atoms with E-state index in [1.807, 2.05) is 11.4 Å². The van der Waals surface area contributed by atoms with Crippen LogP contribution < -0.4 is 4.72 Å². The van der Waals surface area contributed by atoms with Crippen LogP contribution >= 0.6 is 11.3 Å². The molecule has 1 heterocycles. The molecule has 5 nitrogen and oxygen atoms in total. The summed E-state index contributed by atoms with van der Waals surface area (Å²) >= 11 is 1.44. The quantitative estimate of drug-likeness (QED) is 0.763. The Balaban J connectivity index is 2.75. The van der Waals surface area contributed by atoms with E-state index in [-0.39, 0.29) is 13.2 Å². The lowest BCUT2D eigenvalue weighted by atomic mass is 10.2. The van der Waals surface area contributed by atoms with E-state index in [2.05, 4.69) is 16.6 Å². The van der Waals surface area contributed by atoms with Crippen LogP contribution in [0.2, 0.25) is 0 Å². The Morgan fingerprint density at radius 3 is 2.68 bits per heavy atom. The monoisotopic (exact) mass is 302 g/mol. The van der Waals surface area contributed by atoms with Crippen LogP contribution in [0.3, 0.4) is 0 Å². The molecule has 2 N–H and O–H groups in total. The number of nitrogens with one attached hydrogen (secondary N) is 1. The first-order valence-electron chi connectivity index (χ1n) is 5.96. The van der Waals surface area contributed by atoms with Crippen LogP contribution in [0.25, 0.3) is 0 Å². The van der Waals surface area contributed by atoms with Gasteiger partial charge in [0.1, 0.15) is 6.61 Å². The fourth-order valence-corrected chi connectivity index (χ4v) is 3.59. The molecule has 0 saturated heterocycles. The molecule has 0 aromatic carbocycles. The minimum atomic E-state index is -3.44. The van der Waals surface area contributed by atoms with E-state index in [9.17, 15) is 8.42 Å². The fourth-order valence-electron chi connectivity index (χ4n) is 1.54. The molecule has 0 aliphatic rings. The van der Waals surface area contributed by atoms with Crippen molar-refractivity contribution in [1.82, 2.24) is 9.03 Å². The molecule has 0 spiro atoms. The van der Waals surface area contributed by atoms with Gasteiger partial charge in [-0.15, -0.1) is 11.3 Å². The van der Waals surface area contributed by atoms with Gasteiger partial charge in [-0.25, -0.2) is 0 Å². The van der Waals surface area contributed by atoms with Gasteiger partial charge in [-0.1, -0.05) is 25.7 Å². The predicted octanol–water partition coefficient (Wildman–Crippen LogP) is 0.768. The van der Waals surface area contributed by atoms with Gasteiger partial charge in [0.05, 0.1) is 0 Å². The number of hydrogen-bond acceptors (Lipinski definition) is 4. The molecule has 0 saturated carbocycles. The minimum absolute atomic E-state index is 0.208. The van der Waals surface area contributed by atoms with Gasteiger partial charge >= 0.3 is 0 Å². The van der Waals surface area contributed by atoms with Gasteiger partial charge in [-0.3, -0.25) is 0 Å². The van der Waals surface area contributed by atoms with E-state index in [0.717, 1.165) is 10.4 Å². The van der Waals surface area contributed by atoms with Crippen LogP contribution in [-0.4, -0.2) is 37.5 Å². The smallest absolute Gasteiger partial charge is 0.279 e. The molecule has 19 heavy (non-hydrogen) atoms. The lowest BCUT2D eigenvalue weighted by Gasteiger charge is -2.18. The number of aliphatic hydroxyl groups is 1. The Bertz CT molecular complexity index is 551. The molecule has 0 atom stereocenters. The molecule has 1 aromatic rings. The maximum Gasteiger partial charge on any atom is 0.279 e. The molecular formula is C12H18N2O3S2. The van der Waals surface area contributed by atoms with Crippen LogP contribution in [0, 0.1) is 11.8 Å². The topological polar surface area (TPSA) is 69.6 Å². The molecular weight excluding hydrogens is 284 g/mol. The molecule has 0 radical (unpaired) electrons. The summed E-state index contributed by atoms with van der Waals surface area (Å²) in [6.45, 7) is 4.48. The third-order valence-electron chi connectivity index (χ3n) is 2.51. The molecule has 7 heteroatoms. The first-order chi connectivity index (χ1) is 9.05. The number of hydrogen-bond donors (Lipinski definition) is 2. The summed E-state index contributed by atoms with van der Waals surface area (Å²) < 4.78 is 27.8. The van der Waals surface area contributed by atoms with E-state index < -0.39 is 10.2 Å². The Morgan fingerprint density at radius 1 is 1.42 bits per heavy atom. The van der Waals surface area contributed by atoms with E-state index in [4.69, 9.17) is 5.11 Å². The maximum atomic E-state index is 12.0. The molecule has 0 unspecified atom stereocenters. The van der Waals surface area contributed by atoms with E-state index >= 15 is 0 Å². The molecule has 106 valence electrons. The summed E-state index contributed by atoms with van der Waals surface area (Å²) in [6.07, 6.45) is 0. The second-order valence-electron chi connectivity index (χ2n) is 3.63. The molecule has 0 fully saturated rings. The summed E-state index contributed by atoms with van der Waals surface area (Å²) in [5, 5.41) is 10.5. The highest BCUT2D eigenvalue weighted by atomic mass is 32.2. The number of aliphatic hydroxyl groups excluding tert-OH is 1. The van der Waals surface area contributed by atoms with Gasteiger partial charge in [0, 0.05) is 30.1 Å². The highest BCUT2D eigenvalue weighted by Crippen LogP contribution is 2.16. The summed E-state index contributed by atoms with van der Waals surface area (Å²) in [5.74, 6) is 5.36. The molecule has 0 amide bonds. The molecule has 1 aromatic heterocycles. The SMILES string of the molecule is CCN(CC)S(=O)(=O)NCc1sccc1C#CCO. The molecule has 1 rings (SSSR count). The third-order valence-corrected chi connectivity index (χ3v) is 5.13. The zero-order valence-electron chi connectivity index (χ0n) is 11.0. The van der Waals surface area contributed by atoms with Gasteiger partial charge in [0.15, 0.2) is 0 Å². The summed E-state index contributed by atoms with van der Waals surface area (Å²) in [6, 6.07) is 1.81. The Kier molecular flexibility index (Phi) is 6.48. The number of thiophene rings is 1. The van der Waals surface area contributed by atoms with Crippen molar-refractivity contribution in [2.45, 2.75) is 20.4 Å². The zero-order chi connectivity index (χ0) is 14.3. The van der Waals surface area contributed by atoms with Gasteiger partial charge < -0.3 is 5.11 Å². The van der Waals surface area contributed by atoms with Crippen molar-refractivity contribution in [2.75, 3.05) is 19.7 Å². The van der Waals surface area contributed by atoms with Crippen LogP contribution in [0.4, 0.5) is 0 Å². The van der Waals surface area contributed by atoms with Gasteiger partial charge in [0.2, 0.25) is 0 Å². The van der Waals surface area contributed by atoms with Crippen molar-refractivity contribution in [3.05, 3.63) is 21.9 Å². The Labute approximate surface area is 118 Å².